The van der Waals surface area contributed by atoms with Crippen LogP contribution in [0.3, 0.4) is 0 Å². The minimum absolute atomic E-state index is 0.0246. The van der Waals surface area contributed by atoms with Crippen LogP contribution in [0, 0.1) is 0 Å². The summed E-state index contributed by atoms with van der Waals surface area (Å²) in [4.78, 5) is 11.9. The van der Waals surface area contributed by atoms with Crippen molar-refractivity contribution in [3.05, 3.63) is 35.4 Å². The molecule has 1 aromatic carbocycles. The van der Waals surface area contributed by atoms with Crippen LogP contribution in [0.2, 0.25) is 0 Å². The first-order chi connectivity index (χ1) is 8.71. The number of rotatable bonds is 7. The topological polar surface area (TPSA) is 58.6 Å². The molecule has 0 aliphatic carbocycles. The van der Waals surface area contributed by atoms with Crippen LogP contribution < -0.4 is 5.32 Å². The van der Waals surface area contributed by atoms with Gasteiger partial charge in [-0.25, -0.2) is 0 Å². The van der Waals surface area contributed by atoms with Crippen LogP contribution in [0.15, 0.2) is 24.3 Å². The van der Waals surface area contributed by atoms with Crippen LogP contribution in [0.4, 0.5) is 0 Å². The lowest BCUT2D eigenvalue weighted by molar-refractivity contribution is 0.0878. The Bertz CT molecular complexity index is 361. The maximum absolute atomic E-state index is 11.9. The summed E-state index contributed by atoms with van der Waals surface area (Å²) >= 11 is 3.36. The molecule has 1 aromatic rings. The van der Waals surface area contributed by atoms with E-state index in [-0.39, 0.29) is 18.6 Å². The zero-order valence-corrected chi connectivity index (χ0v) is 11.9. The van der Waals surface area contributed by atoms with Gasteiger partial charge in [-0.3, -0.25) is 4.79 Å². The third-order valence-corrected chi connectivity index (χ3v) is 3.20. The minimum atomic E-state index is -0.164. The molecule has 2 N–H and O–H groups in total. The number of benzene rings is 1. The zero-order valence-electron chi connectivity index (χ0n) is 10.4. The molecule has 0 aliphatic rings. The van der Waals surface area contributed by atoms with Gasteiger partial charge >= 0.3 is 0 Å². The molecule has 5 heteroatoms. The van der Waals surface area contributed by atoms with Gasteiger partial charge in [-0.1, -0.05) is 28.1 Å². The fourth-order valence-electron chi connectivity index (χ4n) is 1.57. The molecule has 18 heavy (non-hydrogen) atoms. The molecule has 0 aromatic heterocycles. The maximum Gasteiger partial charge on any atom is 0.251 e. The van der Waals surface area contributed by atoms with Crippen LogP contribution in [-0.4, -0.2) is 37.4 Å². The number of nitrogens with one attached hydrogen (secondary N) is 1. The highest BCUT2D eigenvalue weighted by molar-refractivity contribution is 9.08. The highest BCUT2D eigenvalue weighted by atomic mass is 79.9. The molecule has 4 nitrogen and oxygen atoms in total. The molecule has 0 heterocycles. The Kier molecular flexibility index (Phi) is 6.93. The van der Waals surface area contributed by atoms with Crippen molar-refractivity contribution in [2.24, 2.45) is 0 Å². The van der Waals surface area contributed by atoms with E-state index in [4.69, 9.17) is 9.84 Å². The van der Waals surface area contributed by atoms with Crippen molar-refractivity contribution in [3.63, 3.8) is 0 Å². The number of alkyl halides is 1. The predicted molar refractivity (Wildman–Crippen MR) is 73.9 cm³/mol. The van der Waals surface area contributed by atoms with E-state index in [1.165, 1.54) is 0 Å². The summed E-state index contributed by atoms with van der Waals surface area (Å²) in [6.45, 7) is 0.419. The van der Waals surface area contributed by atoms with Crippen molar-refractivity contribution in [3.8, 4) is 0 Å². The number of methoxy groups -OCH3 is 1. The van der Waals surface area contributed by atoms with Gasteiger partial charge in [0, 0.05) is 24.6 Å². The van der Waals surface area contributed by atoms with Gasteiger partial charge < -0.3 is 15.2 Å². The molecule has 1 unspecified atom stereocenters. The van der Waals surface area contributed by atoms with Crippen LogP contribution >= 0.6 is 15.9 Å². The normalized spacial score (nSPS) is 12.2. The van der Waals surface area contributed by atoms with E-state index in [9.17, 15) is 4.79 Å². The smallest absolute Gasteiger partial charge is 0.251 e. The largest absolute Gasteiger partial charge is 0.396 e. The van der Waals surface area contributed by atoms with E-state index < -0.39 is 0 Å². The Morgan fingerprint density at radius 3 is 2.61 bits per heavy atom. The standard InChI is InChI=1S/C13H18BrNO3/c1-18-9-12(6-7-16)15-13(17)11-4-2-10(8-14)3-5-11/h2-5,12,16H,6-9H2,1H3,(H,15,17). The first kappa shape index (κ1) is 15.1. The van der Waals surface area contributed by atoms with Gasteiger partial charge in [0.2, 0.25) is 0 Å². The third-order valence-electron chi connectivity index (χ3n) is 2.55. The third kappa shape index (κ3) is 4.76. The fourth-order valence-corrected chi connectivity index (χ4v) is 1.94. The molecular formula is C13H18BrNO3. The van der Waals surface area contributed by atoms with E-state index in [1.54, 1.807) is 19.2 Å². The molecule has 0 bridgehead atoms. The molecule has 100 valence electrons. The number of aliphatic hydroxyl groups excluding tert-OH is 1. The quantitative estimate of drug-likeness (QED) is 0.753. The average molecular weight is 316 g/mol. The molecule has 0 saturated carbocycles. The van der Waals surface area contributed by atoms with E-state index in [2.05, 4.69) is 21.2 Å². The Morgan fingerprint density at radius 2 is 2.11 bits per heavy atom. The predicted octanol–water partition coefficient (Wildman–Crippen LogP) is 1.71. The summed E-state index contributed by atoms with van der Waals surface area (Å²) in [6.07, 6.45) is 0.485. The lowest BCUT2D eigenvalue weighted by Crippen LogP contribution is -2.38. The number of carbonyl (C=O) groups is 1. The molecule has 0 fully saturated rings. The van der Waals surface area contributed by atoms with Crippen molar-refractivity contribution >= 4 is 21.8 Å². The van der Waals surface area contributed by atoms with Crippen LogP contribution in [-0.2, 0) is 10.1 Å². The number of amides is 1. The monoisotopic (exact) mass is 315 g/mol. The minimum Gasteiger partial charge on any atom is -0.396 e. The molecule has 0 radical (unpaired) electrons. The molecule has 1 amide bonds. The summed E-state index contributed by atoms with van der Waals surface area (Å²) in [7, 11) is 1.57. The van der Waals surface area contributed by atoms with E-state index in [0.717, 1.165) is 10.9 Å². The van der Waals surface area contributed by atoms with Gasteiger partial charge in [0.05, 0.1) is 12.6 Å². The number of carbonyl (C=O) groups excluding carboxylic acids is 1. The molecule has 1 rings (SSSR count). The number of ether oxygens (including phenoxy) is 1. The number of hydrogen-bond donors (Lipinski definition) is 2. The van der Waals surface area contributed by atoms with Crippen LogP contribution in [0.25, 0.3) is 0 Å². The van der Waals surface area contributed by atoms with Gasteiger partial charge in [0.15, 0.2) is 0 Å². The fraction of sp³-hybridized carbons (Fsp3) is 0.462. The summed E-state index contributed by atoms with van der Waals surface area (Å²) in [6, 6.07) is 7.22. The lowest BCUT2D eigenvalue weighted by Gasteiger charge is -2.16. The van der Waals surface area contributed by atoms with E-state index >= 15 is 0 Å². The lowest BCUT2D eigenvalue weighted by atomic mass is 10.1. The number of halogens is 1. The summed E-state index contributed by atoms with van der Waals surface area (Å²) in [5, 5.41) is 12.5. The van der Waals surface area contributed by atoms with Crippen LogP contribution in [0.5, 0.6) is 0 Å². The van der Waals surface area contributed by atoms with Gasteiger partial charge in [-0.2, -0.15) is 0 Å². The summed E-state index contributed by atoms with van der Waals surface area (Å²) in [5.74, 6) is -0.147. The van der Waals surface area contributed by atoms with E-state index in [1.807, 2.05) is 12.1 Å². The molecule has 0 aliphatic heterocycles. The first-order valence-electron chi connectivity index (χ1n) is 5.76. The van der Waals surface area contributed by atoms with Crippen LogP contribution in [0.1, 0.15) is 22.3 Å². The van der Waals surface area contributed by atoms with Crippen molar-refractivity contribution in [1.29, 1.82) is 0 Å². The van der Waals surface area contributed by atoms with E-state index in [0.29, 0.717) is 18.6 Å². The maximum atomic E-state index is 11.9. The molecular weight excluding hydrogens is 298 g/mol. The Morgan fingerprint density at radius 1 is 1.44 bits per heavy atom. The van der Waals surface area contributed by atoms with Gasteiger partial charge in [-0.05, 0) is 24.1 Å². The second-order valence-corrected chi connectivity index (χ2v) is 4.53. The van der Waals surface area contributed by atoms with Crippen molar-refractivity contribution in [1.82, 2.24) is 5.32 Å². The number of hydrogen-bond acceptors (Lipinski definition) is 3. The molecule has 1 atom stereocenters. The van der Waals surface area contributed by atoms with Crippen molar-refractivity contribution in [2.75, 3.05) is 20.3 Å². The molecule has 0 saturated heterocycles. The Labute approximate surface area is 115 Å². The summed E-state index contributed by atoms with van der Waals surface area (Å²) < 4.78 is 5.00. The average Bonchev–Trinajstić information content (AvgIpc) is 2.39. The second kappa shape index (κ2) is 8.24. The zero-order chi connectivity index (χ0) is 13.4. The van der Waals surface area contributed by atoms with Gasteiger partial charge in [0.25, 0.3) is 5.91 Å². The van der Waals surface area contributed by atoms with Gasteiger partial charge in [-0.15, -0.1) is 0 Å². The number of aliphatic hydroxyl groups is 1. The molecule has 0 spiro atoms. The Balaban J connectivity index is 2.61. The second-order valence-electron chi connectivity index (χ2n) is 3.97. The highest BCUT2D eigenvalue weighted by Gasteiger charge is 2.13. The van der Waals surface area contributed by atoms with Gasteiger partial charge in [0.1, 0.15) is 0 Å². The highest BCUT2D eigenvalue weighted by Crippen LogP contribution is 2.08. The summed E-state index contributed by atoms with van der Waals surface area (Å²) in [5.41, 5.74) is 1.73. The first-order valence-corrected chi connectivity index (χ1v) is 6.89. The Hall–Kier alpha value is -0.910. The van der Waals surface area contributed by atoms with Crippen molar-refractivity contribution in [2.45, 2.75) is 17.8 Å². The SMILES string of the molecule is COCC(CCO)NC(=O)c1ccc(CBr)cc1. The van der Waals surface area contributed by atoms with Crippen molar-refractivity contribution < 1.29 is 14.6 Å².